The Morgan fingerprint density at radius 2 is 1.48 bits per heavy atom. The number of hydrogen-bond acceptors (Lipinski definition) is 4. The van der Waals surface area contributed by atoms with E-state index in [-0.39, 0.29) is 16.5 Å². The van der Waals surface area contributed by atoms with Crippen molar-refractivity contribution in [2.24, 2.45) is 0 Å². The van der Waals surface area contributed by atoms with Crippen LogP contribution in [-0.2, 0) is 10.0 Å². The number of benzene rings is 3. The Bertz CT molecular complexity index is 1290. The van der Waals surface area contributed by atoms with Crippen LogP contribution >= 0.6 is 0 Å². The quantitative estimate of drug-likeness (QED) is 0.423. The molecule has 0 aliphatic heterocycles. The topological polar surface area (TPSA) is 88.2 Å². The summed E-state index contributed by atoms with van der Waals surface area (Å²) in [4.78, 5) is 17.3. The van der Waals surface area contributed by atoms with Crippen LogP contribution in [0.25, 0.3) is 0 Å². The molecule has 1 unspecified atom stereocenters. The molecule has 0 spiro atoms. The number of pyridine rings is 1. The molecule has 1 atom stereocenters. The molecule has 1 amide bonds. The second kappa shape index (κ2) is 9.62. The lowest BCUT2D eigenvalue weighted by molar-refractivity contribution is 0.0942. The predicted octanol–water partition coefficient (Wildman–Crippen LogP) is 4.54. The standard InChI is InChI=1S/C25H20FN3O3S/c26-20-11-15-22(16-12-20)33(31,32)29-21-13-9-19(10-14-21)25(30)28-24(18-6-2-1-3-7-18)23-8-4-5-17-27-23/h1-17,24,29H,(H,28,30). The van der Waals surface area contributed by atoms with E-state index in [2.05, 4.69) is 15.0 Å². The van der Waals surface area contributed by atoms with Crippen LogP contribution in [0.1, 0.15) is 27.7 Å². The van der Waals surface area contributed by atoms with Crippen LogP contribution in [0.4, 0.5) is 10.1 Å². The zero-order valence-electron chi connectivity index (χ0n) is 17.4. The molecule has 1 heterocycles. The molecular formula is C25H20FN3O3S. The summed E-state index contributed by atoms with van der Waals surface area (Å²) in [7, 11) is -3.88. The normalized spacial score (nSPS) is 12.0. The third-order valence-electron chi connectivity index (χ3n) is 4.92. The Balaban J connectivity index is 1.51. The SMILES string of the molecule is O=C(NC(c1ccccc1)c1ccccn1)c1ccc(NS(=O)(=O)c2ccc(F)cc2)cc1. The summed E-state index contributed by atoms with van der Waals surface area (Å²) in [6.45, 7) is 0. The number of nitrogens with zero attached hydrogens (tertiary/aromatic N) is 1. The first-order valence-corrected chi connectivity index (χ1v) is 11.6. The monoisotopic (exact) mass is 461 g/mol. The molecule has 0 saturated heterocycles. The number of aromatic nitrogens is 1. The van der Waals surface area contributed by atoms with Gasteiger partial charge in [0.05, 0.1) is 16.6 Å². The Morgan fingerprint density at radius 3 is 2.12 bits per heavy atom. The van der Waals surface area contributed by atoms with Crippen molar-refractivity contribution < 1.29 is 17.6 Å². The number of sulfonamides is 1. The number of hydrogen-bond donors (Lipinski definition) is 2. The molecule has 8 heteroatoms. The van der Waals surface area contributed by atoms with Gasteiger partial charge >= 0.3 is 0 Å². The van der Waals surface area contributed by atoms with E-state index in [1.807, 2.05) is 42.5 Å². The van der Waals surface area contributed by atoms with E-state index in [1.54, 1.807) is 12.3 Å². The molecule has 0 bridgehead atoms. The minimum atomic E-state index is -3.88. The maximum absolute atomic E-state index is 13.1. The van der Waals surface area contributed by atoms with Crippen molar-refractivity contribution in [1.29, 1.82) is 0 Å². The summed E-state index contributed by atoms with van der Waals surface area (Å²) in [5, 5.41) is 2.99. The largest absolute Gasteiger partial charge is 0.340 e. The lowest BCUT2D eigenvalue weighted by atomic mass is 10.0. The molecule has 3 aromatic carbocycles. The van der Waals surface area contributed by atoms with E-state index >= 15 is 0 Å². The van der Waals surface area contributed by atoms with E-state index in [1.165, 1.54) is 36.4 Å². The predicted molar refractivity (Wildman–Crippen MR) is 124 cm³/mol. The van der Waals surface area contributed by atoms with Gasteiger partial charge in [-0.2, -0.15) is 0 Å². The first-order chi connectivity index (χ1) is 15.9. The van der Waals surface area contributed by atoms with Gasteiger partial charge in [0, 0.05) is 17.4 Å². The second-order valence-electron chi connectivity index (χ2n) is 7.21. The molecule has 0 saturated carbocycles. The van der Waals surface area contributed by atoms with Crippen LogP contribution in [0, 0.1) is 5.82 Å². The fraction of sp³-hybridized carbons (Fsp3) is 0.0400. The van der Waals surface area contributed by atoms with Crippen molar-refractivity contribution in [3.63, 3.8) is 0 Å². The highest BCUT2D eigenvalue weighted by molar-refractivity contribution is 7.92. The third kappa shape index (κ3) is 5.42. The lowest BCUT2D eigenvalue weighted by Crippen LogP contribution is -2.29. The first-order valence-electron chi connectivity index (χ1n) is 10.1. The highest BCUT2D eigenvalue weighted by Crippen LogP contribution is 2.22. The Morgan fingerprint density at radius 1 is 0.818 bits per heavy atom. The molecule has 0 aliphatic rings. The van der Waals surface area contributed by atoms with E-state index in [0.29, 0.717) is 11.3 Å². The average Bonchev–Trinajstić information content (AvgIpc) is 2.84. The van der Waals surface area contributed by atoms with E-state index in [4.69, 9.17) is 0 Å². The minimum absolute atomic E-state index is 0.0632. The Hall–Kier alpha value is -4.04. The zero-order valence-corrected chi connectivity index (χ0v) is 18.2. The summed E-state index contributed by atoms with van der Waals surface area (Å²) in [5.74, 6) is -0.855. The summed E-state index contributed by atoms with van der Waals surface area (Å²) in [6, 6.07) is 25.1. The number of carbonyl (C=O) groups is 1. The van der Waals surface area contributed by atoms with Gasteiger partial charge in [0.1, 0.15) is 5.82 Å². The molecule has 0 aliphatic carbocycles. The number of carbonyl (C=O) groups excluding carboxylic acids is 1. The van der Waals surface area contributed by atoms with Gasteiger partial charge < -0.3 is 5.32 Å². The fourth-order valence-electron chi connectivity index (χ4n) is 3.25. The van der Waals surface area contributed by atoms with E-state index < -0.39 is 21.9 Å². The summed E-state index contributed by atoms with van der Waals surface area (Å²) in [6.07, 6.45) is 1.67. The summed E-state index contributed by atoms with van der Waals surface area (Å²) in [5.41, 5.74) is 2.21. The maximum atomic E-state index is 13.1. The van der Waals surface area contributed by atoms with Crippen molar-refractivity contribution in [2.75, 3.05) is 4.72 Å². The van der Waals surface area contributed by atoms with Crippen LogP contribution < -0.4 is 10.0 Å². The molecule has 1 aromatic heterocycles. The highest BCUT2D eigenvalue weighted by Gasteiger charge is 2.19. The molecule has 2 N–H and O–H groups in total. The molecule has 6 nitrogen and oxygen atoms in total. The van der Waals surface area contributed by atoms with Crippen molar-refractivity contribution in [3.8, 4) is 0 Å². The molecular weight excluding hydrogens is 441 g/mol. The smallest absolute Gasteiger partial charge is 0.261 e. The Kier molecular flexibility index (Phi) is 6.46. The van der Waals surface area contributed by atoms with Gasteiger partial charge in [-0.05, 0) is 66.2 Å². The van der Waals surface area contributed by atoms with Crippen molar-refractivity contribution in [3.05, 3.63) is 126 Å². The van der Waals surface area contributed by atoms with Crippen LogP contribution in [0.15, 0.2) is 108 Å². The number of rotatable bonds is 7. The fourth-order valence-corrected chi connectivity index (χ4v) is 4.31. The molecule has 0 radical (unpaired) electrons. The van der Waals surface area contributed by atoms with Gasteiger partial charge in [-0.1, -0.05) is 36.4 Å². The minimum Gasteiger partial charge on any atom is -0.340 e. The maximum Gasteiger partial charge on any atom is 0.261 e. The van der Waals surface area contributed by atoms with Crippen LogP contribution in [-0.4, -0.2) is 19.3 Å². The molecule has 4 rings (SSSR count). The molecule has 4 aromatic rings. The van der Waals surface area contributed by atoms with Crippen LogP contribution in [0.3, 0.4) is 0 Å². The third-order valence-corrected chi connectivity index (χ3v) is 6.31. The summed E-state index contributed by atoms with van der Waals surface area (Å²) < 4.78 is 40.4. The van der Waals surface area contributed by atoms with Gasteiger partial charge in [0.2, 0.25) is 0 Å². The highest BCUT2D eigenvalue weighted by atomic mass is 32.2. The van der Waals surface area contributed by atoms with Gasteiger partial charge in [-0.15, -0.1) is 0 Å². The number of halogens is 1. The molecule has 0 fully saturated rings. The number of nitrogens with one attached hydrogen (secondary N) is 2. The zero-order chi connectivity index (χ0) is 23.3. The van der Waals surface area contributed by atoms with Gasteiger partial charge in [-0.25, -0.2) is 12.8 Å². The van der Waals surface area contributed by atoms with Crippen LogP contribution in [0.2, 0.25) is 0 Å². The van der Waals surface area contributed by atoms with Gasteiger partial charge in [0.25, 0.3) is 15.9 Å². The molecule has 166 valence electrons. The van der Waals surface area contributed by atoms with Gasteiger partial charge in [0.15, 0.2) is 0 Å². The van der Waals surface area contributed by atoms with Crippen LogP contribution in [0.5, 0.6) is 0 Å². The lowest BCUT2D eigenvalue weighted by Gasteiger charge is -2.19. The van der Waals surface area contributed by atoms with Crippen molar-refractivity contribution >= 4 is 21.6 Å². The first kappa shape index (κ1) is 22.2. The average molecular weight is 462 g/mol. The summed E-state index contributed by atoms with van der Waals surface area (Å²) >= 11 is 0. The van der Waals surface area contributed by atoms with Gasteiger partial charge in [-0.3, -0.25) is 14.5 Å². The van der Waals surface area contributed by atoms with E-state index in [9.17, 15) is 17.6 Å². The number of amides is 1. The van der Waals surface area contributed by atoms with Crippen molar-refractivity contribution in [1.82, 2.24) is 10.3 Å². The molecule has 33 heavy (non-hydrogen) atoms. The number of anilines is 1. The van der Waals surface area contributed by atoms with E-state index in [0.717, 1.165) is 17.7 Å². The Labute approximate surface area is 191 Å². The second-order valence-corrected chi connectivity index (χ2v) is 8.89. The van der Waals surface area contributed by atoms with Crippen molar-refractivity contribution in [2.45, 2.75) is 10.9 Å².